The minimum absolute atomic E-state index is 0.190. The molecule has 2 N–H and O–H groups in total. The van der Waals surface area contributed by atoms with E-state index >= 15 is 0 Å². The third kappa shape index (κ3) is 2.42. The maximum Gasteiger partial charge on any atom is 0.256 e. The monoisotopic (exact) mass is 264 g/mol. The maximum absolute atomic E-state index is 12.3. The number of hydrogen-bond acceptors (Lipinski definition) is 3. The van der Waals surface area contributed by atoms with Gasteiger partial charge in [0.2, 0.25) is 0 Å². The van der Waals surface area contributed by atoms with Crippen molar-refractivity contribution in [3.05, 3.63) is 66.7 Å². The van der Waals surface area contributed by atoms with Crippen molar-refractivity contribution in [1.29, 1.82) is 0 Å². The van der Waals surface area contributed by atoms with Crippen LogP contribution in [0.2, 0.25) is 0 Å². The van der Waals surface area contributed by atoms with Crippen LogP contribution >= 0.6 is 0 Å². The van der Waals surface area contributed by atoms with Gasteiger partial charge in [0.05, 0.1) is 17.4 Å². The molecule has 0 saturated carbocycles. The van der Waals surface area contributed by atoms with E-state index in [1.807, 2.05) is 18.2 Å². The molecule has 0 aliphatic heterocycles. The third-order valence-corrected chi connectivity index (χ3v) is 2.84. The highest BCUT2D eigenvalue weighted by Gasteiger charge is 2.13. The first-order chi connectivity index (χ1) is 9.84. The number of carbonyl (C=O) groups is 1. The van der Waals surface area contributed by atoms with Crippen LogP contribution in [0.1, 0.15) is 10.4 Å². The van der Waals surface area contributed by atoms with Crippen LogP contribution in [0.5, 0.6) is 0 Å². The lowest BCUT2D eigenvalue weighted by molar-refractivity contribution is 0.102. The summed E-state index contributed by atoms with van der Waals surface area (Å²) in [6, 6.07) is 10.9. The Morgan fingerprint density at radius 3 is 2.75 bits per heavy atom. The molecule has 2 aromatic heterocycles. The van der Waals surface area contributed by atoms with E-state index in [-0.39, 0.29) is 5.91 Å². The largest absolute Gasteiger partial charge is 0.345 e. The Hall–Kier alpha value is -2.95. The van der Waals surface area contributed by atoms with Crippen LogP contribution in [-0.2, 0) is 0 Å². The molecule has 5 nitrogen and oxygen atoms in total. The molecule has 0 saturated heterocycles. The summed E-state index contributed by atoms with van der Waals surface area (Å²) in [4.78, 5) is 23.5. The molecule has 0 aliphatic carbocycles. The number of aromatic nitrogens is 3. The number of anilines is 1. The van der Waals surface area contributed by atoms with Crippen molar-refractivity contribution in [1.82, 2.24) is 15.0 Å². The van der Waals surface area contributed by atoms with E-state index < -0.39 is 0 Å². The Bertz CT molecular complexity index is 708. The lowest BCUT2D eigenvalue weighted by atomic mass is 10.1. The molecule has 0 spiro atoms. The Kier molecular flexibility index (Phi) is 3.24. The number of aromatic amines is 1. The van der Waals surface area contributed by atoms with E-state index in [1.54, 1.807) is 43.0 Å². The van der Waals surface area contributed by atoms with Crippen LogP contribution in [-0.4, -0.2) is 20.9 Å². The topological polar surface area (TPSA) is 70.7 Å². The number of rotatable bonds is 3. The molecule has 0 bridgehead atoms. The third-order valence-electron chi connectivity index (χ3n) is 2.84. The molecule has 3 aromatic rings. The fraction of sp³-hybridized carbons (Fsp3) is 0. The molecule has 0 fully saturated rings. The number of benzene rings is 1. The van der Waals surface area contributed by atoms with Gasteiger partial charge >= 0.3 is 0 Å². The first kappa shape index (κ1) is 12.1. The van der Waals surface area contributed by atoms with Crippen molar-refractivity contribution in [2.24, 2.45) is 0 Å². The van der Waals surface area contributed by atoms with Crippen molar-refractivity contribution in [2.45, 2.75) is 0 Å². The predicted molar refractivity (Wildman–Crippen MR) is 76.2 cm³/mol. The van der Waals surface area contributed by atoms with Crippen LogP contribution < -0.4 is 5.32 Å². The molecule has 0 atom stereocenters. The van der Waals surface area contributed by atoms with Gasteiger partial charge in [0.15, 0.2) is 0 Å². The van der Waals surface area contributed by atoms with Gasteiger partial charge in [-0.05, 0) is 18.2 Å². The van der Waals surface area contributed by atoms with Crippen LogP contribution in [0.25, 0.3) is 11.4 Å². The number of carbonyl (C=O) groups excluding carboxylic acids is 1. The van der Waals surface area contributed by atoms with Gasteiger partial charge in [-0.15, -0.1) is 0 Å². The molecule has 0 aliphatic rings. The lowest BCUT2D eigenvalue weighted by Crippen LogP contribution is -2.13. The molecular weight excluding hydrogens is 252 g/mol. The quantitative estimate of drug-likeness (QED) is 0.764. The van der Waals surface area contributed by atoms with Crippen molar-refractivity contribution in [2.75, 3.05) is 5.32 Å². The second kappa shape index (κ2) is 5.36. The van der Waals surface area contributed by atoms with Crippen molar-refractivity contribution in [3.8, 4) is 11.4 Å². The van der Waals surface area contributed by atoms with Crippen LogP contribution in [0.3, 0.4) is 0 Å². The van der Waals surface area contributed by atoms with Crippen molar-refractivity contribution < 1.29 is 4.79 Å². The summed E-state index contributed by atoms with van der Waals surface area (Å²) in [6.45, 7) is 0. The van der Waals surface area contributed by atoms with Crippen LogP contribution in [0, 0.1) is 0 Å². The van der Waals surface area contributed by atoms with Gasteiger partial charge in [0.1, 0.15) is 5.82 Å². The molecule has 1 amide bonds. The fourth-order valence-corrected chi connectivity index (χ4v) is 1.94. The number of imidazole rings is 1. The number of pyridine rings is 1. The van der Waals surface area contributed by atoms with Gasteiger partial charge in [-0.25, -0.2) is 4.98 Å². The average molecular weight is 264 g/mol. The summed E-state index contributed by atoms with van der Waals surface area (Å²) < 4.78 is 0. The Labute approximate surface area is 115 Å². The first-order valence-electron chi connectivity index (χ1n) is 6.15. The molecule has 1 aromatic carbocycles. The average Bonchev–Trinajstić information content (AvgIpc) is 3.02. The molecule has 3 rings (SSSR count). The number of H-pyrrole nitrogens is 1. The van der Waals surface area contributed by atoms with Gasteiger partial charge < -0.3 is 10.3 Å². The van der Waals surface area contributed by atoms with E-state index in [1.165, 1.54) is 0 Å². The summed E-state index contributed by atoms with van der Waals surface area (Å²) in [5.74, 6) is 0.479. The zero-order valence-electron chi connectivity index (χ0n) is 10.6. The molecular formula is C15H12N4O. The summed E-state index contributed by atoms with van der Waals surface area (Å²) >= 11 is 0. The highest BCUT2D eigenvalue weighted by Crippen LogP contribution is 2.20. The molecule has 2 heterocycles. The van der Waals surface area contributed by atoms with Gasteiger partial charge in [-0.2, -0.15) is 0 Å². The zero-order chi connectivity index (χ0) is 13.8. The second-order valence-electron chi connectivity index (χ2n) is 4.18. The minimum Gasteiger partial charge on any atom is -0.345 e. The SMILES string of the molecule is O=C(Nc1cccnc1)c1ccccc1-c1ncc[nH]1. The summed E-state index contributed by atoms with van der Waals surface area (Å²) in [7, 11) is 0. The molecule has 5 heteroatoms. The summed E-state index contributed by atoms with van der Waals surface area (Å²) in [6.07, 6.45) is 6.65. The van der Waals surface area contributed by atoms with E-state index in [0.717, 1.165) is 5.56 Å². The molecule has 98 valence electrons. The standard InChI is InChI=1S/C15H12N4O/c20-15(19-11-4-3-7-16-10-11)13-6-2-1-5-12(13)14-17-8-9-18-14/h1-10H,(H,17,18)(H,19,20). The minimum atomic E-state index is -0.190. The van der Waals surface area contributed by atoms with Crippen molar-refractivity contribution >= 4 is 11.6 Å². The van der Waals surface area contributed by atoms with Crippen LogP contribution in [0.4, 0.5) is 5.69 Å². The Morgan fingerprint density at radius 2 is 2.00 bits per heavy atom. The summed E-state index contributed by atoms with van der Waals surface area (Å²) in [5.41, 5.74) is 1.98. The highest BCUT2D eigenvalue weighted by molar-refractivity contribution is 6.08. The van der Waals surface area contributed by atoms with E-state index in [4.69, 9.17) is 0 Å². The smallest absolute Gasteiger partial charge is 0.256 e. The summed E-state index contributed by atoms with van der Waals surface area (Å²) in [5, 5.41) is 2.82. The lowest BCUT2D eigenvalue weighted by Gasteiger charge is -2.08. The Morgan fingerprint density at radius 1 is 1.10 bits per heavy atom. The van der Waals surface area contributed by atoms with E-state index in [2.05, 4.69) is 20.3 Å². The molecule has 20 heavy (non-hydrogen) atoms. The normalized spacial score (nSPS) is 10.2. The molecule has 0 unspecified atom stereocenters. The van der Waals surface area contributed by atoms with E-state index in [0.29, 0.717) is 17.1 Å². The number of hydrogen-bond donors (Lipinski definition) is 2. The first-order valence-corrected chi connectivity index (χ1v) is 6.15. The molecule has 0 radical (unpaired) electrons. The van der Waals surface area contributed by atoms with Crippen LogP contribution in [0.15, 0.2) is 61.2 Å². The van der Waals surface area contributed by atoms with Gasteiger partial charge in [0.25, 0.3) is 5.91 Å². The Balaban J connectivity index is 1.93. The maximum atomic E-state index is 12.3. The highest BCUT2D eigenvalue weighted by atomic mass is 16.1. The number of nitrogens with zero attached hydrogens (tertiary/aromatic N) is 2. The van der Waals surface area contributed by atoms with Gasteiger partial charge in [-0.1, -0.05) is 18.2 Å². The fourth-order valence-electron chi connectivity index (χ4n) is 1.94. The number of amides is 1. The zero-order valence-corrected chi connectivity index (χ0v) is 10.6. The van der Waals surface area contributed by atoms with Crippen molar-refractivity contribution in [3.63, 3.8) is 0 Å². The number of nitrogens with one attached hydrogen (secondary N) is 2. The van der Waals surface area contributed by atoms with Gasteiger partial charge in [0, 0.05) is 24.2 Å². The second-order valence-corrected chi connectivity index (χ2v) is 4.18. The predicted octanol–water partition coefficient (Wildman–Crippen LogP) is 2.72. The van der Waals surface area contributed by atoms with E-state index in [9.17, 15) is 4.79 Å². The van der Waals surface area contributed by atoms with Gasteiger partial charge in [-0.3, -0.25) is 9.78 Å².